The molecule has 3 saturated carbocycles. The molecule has 10 heteroatoms. The molecule has 9 atom stereocenters. The van der Waals surface area contributed by atoms with E-state index in [1.807, 2.05) is 6.92 Å². The van der Waals surface area contributed by atoms with Gasteiger partial charge < -0.3 is 9.84 Å². The van der Waals surface area contributed by atoms with Crippen LogP contribution in [0.3, 0.4) is 0 Å². The summed E-state index contributed by atoms with van der Waals surface area (Å²) in [4.78, 5) is 32.6. The van der Waals surface area contributed by atoms with Crippen molar-refractivity contribution in [3.05, 3.63) is 53.1 Å². The number of rotatable bonds is 4. The second kappa shape index (κ2) is 8.82. The van der Waals surface area contributed by atoms with Gasteiger partial charge in [0.1, 0.15) is 19.5 Å². The maximum Gasteiger partial charge on any atom is 0.342 e. The summed E-state index contributed by atoms with van der Waals surface area (Å²) < 4.78 is 52.2. The van der Waals surface area contributed by atoms with Gasteiger partial charge in [-0.3, -0.25) is 14.7 Å². The van der Waals surface area contributed by atoms with Gasteiger partial charge in [-0.05, 0) is 73.6 Å². The standard InChI is InChI=1S/C30H33ClF3NO5/c1-26-9-8-20(36)12-21(26)22(33)13-23-27(2)14-17-16-35(19-6-4-18(31)5-7-19)40-30(17,25(38)39-11-10-32)28(27,3)15-24(37)29(23,26)34/h4-9,12,17,22-24,37H,10-11,13-16H2,1-3H3/t17-,22-,23-,24-,26-,27-,28-,29-,30-/m0/s1. The largest absolute Gasteiger partial charge is 0.461 e. The number of halogens is 4. The number of ketones is 1. The first-order chi connectivity index (χ1) is 18.8. The van der Waals surface area contributed by atoms with E-state index in [0.29, 0.717) is 10.7 Å². The van der Waals surface area contributed by atoms with E-state index in [-0.39, 0.29) is 31.4 Å². The quantitative estimate of drug-likeness (QED) is 0.489. The number of esters is 1. The van der Waals surface area contributed by atoms with Crippen LogP contribution in [0.5, 0.6) is 0 Å². The number of carbonyl (C=O) groups is 2. The molecule has 1 N–H and O–H groups in total. The number of hydrogen-bond acceptors (Lipinski definition) is 6. The lowest BCUT2D eigenvalue weighted by atomic mass is 9.40. The van der Waals surface area contributed by atoms with Crippen molar-refractivity contribution in [3.63, 3.8) is 0 Å². The first kappa shape index (κ1) is 27.8. The zero-order valence-corrected chi connectivity index (χ0v) is 23.4. The molecular formula is C30H33ClF3NO5. The molecule has 4 fully saturated rings. The summed E-state index contributed by atoms with van der Waals surface area (Å²) in [6, 6.07) is 6.86. The molecule has 0 unspecified atom stereocenters. The molecule has 0 spiro atoms. The third kappa shape index (κ3) is 3.20. The molecule has 1 saturated heterocycles. The number of hydrogen-bond donors (Lipinski definition) is 1. The van der Waals surface area contributed by atoms with E-state index in [1.165, 1.54) is 19.1 Å². The second-order valence-corrected chi connectivity index (χ2v) is 13.1. The number of alkyl halides is 3. The summed E-state index contributed by atoms with van der Waals surface area (Å²) >= 11 is 6.06. The third-order valence-corrected chi connectivity index (χ3v) is 11.4. The number of ether oxygens (including phenoxy) is 1. The smallest absolute Gasteiger partial charge is 0.342 e. The molecule has 1 aromatic carbocycles. The lowest BCUT2D eigenvalue weighted by molar-refractivity contribution is -0.261. The predicted molar refractivity (Wildman–Crippen MR) is 142 cm³/mol. The Labute approximate surface area is 236 Å². The average Bonchev–Trinajstić information content (AvgIpc) is 3.37. The first-order valence-electron chi connectivity index (χ1n) is 13.7. The van der Waals surface area contributed by atoms with Crippen LogP contribution >= 0.6 is 11.6 Å². The van der Waals surface area contributed by atoms with Gasteiger partial charge in [-0.15, -0.1) is 0 Å². The van der Waals surface area contributed by atoms with E-state index >= 15 is 8.78 Å². The van der Waals surface area contributed by atoms with Gasteiger partial charge in [-0.25, -0.2) is 18.0 Å². The number of anilines is 1. The number of carbonyl (C=O) groups excluding carboxylic acids is 2. The Morgan fingerprint density at radius 1 is 1.23 bits per heavy atom. The normalized spacial score (nSPS) is 45.4. The fraction of sp³-hybridized carbons (Fsp3) is 0.600. The molecule has 1 heterocycles. The zero-order chi connectivity index (χ0) is 28.9. The van der Waals surface area contributed by atoms with Gasteiger partial charge in [0.25, 0.3) is 0 Å². The predicted octanol–water partition coefficient (Wildman–Crippen LogP) is 5.28. The van der Waals surface area contributed by atoms with Crippen LogP contribution < -0.4 is 5.06 Å². The molecular weight excluding hydrogens is 547 g/mol. The minimum atomic E-state index is -2.31. The molecule has 40 heavy (non-hydrogen) atoms. The van der Waals surface area contributed by atoms with Gasteiger partial charge >= 0.3 is 5.97 Å². The van der Waals surface area contributed by atoms with Crippen molar-refractivity contribution in [2.24, 2.45) is 28.1 Å². The number of fused-ring (bicyclic) bond motifs is 7. The van der Waals surface area contributed by atoms with Crippen molar-refractivity contribution in [1.29, 1.82) is 0 Å². The molecule has 1 aromatic rings. The number of nitrogens with zero attached hydrogens (tertiary/aromatic N) is 1. The highest BCUT2D eigenvalue weighted by Crippen LogP contribution is 2.77. The summed E-state index contributed by atoms with van der Waals surface area (Å²) in [6.45, 7) is 4.05. The summed E-state index contributed by atoms with van der Waals surface area (Å²) in [5.41, 5.74) is -7.12. The Balaban J connectivity index is 1.48. The van der Waals surface area contributed by atoms with Crippen LogP contribution in [-0.4, -0.2) is 60.2 Å². The minimum absolute atomic E-state index is 0.0328. The van der Waals surface area contributed by atoms with Gasteiger partial charge in [0.15, 0.2) is 11.5 Å². The number of hydroxylamine groups is 1. The molecule has 216 valence electrons. The second-order valence-electron chi connectivity index (χ2n) is 12.6. The maximum atomic E-state index is 17.7. The van der Waals surface area contributed by atoms with Crippen LogP contribution in [0.2, 0.25) is 5.02 Å². The van der Waals surface area contributed by atoms with E-state index in [1.54, 1.807) is 36.3 Å². The van der Waals surface area contributed by atoms with Crippen molar-refractivity contribution in [1.82, 2.24) is 0 Å². The molecule has 4 aliphatic carbocycles. The average molecular weight is 580 g/mol. The van der Waals surface area contributed by atoms with Crippen LogP contribution in [0.4, 0.5) is 18.9 Å². The lowest BCUT2D eigenvalue weighted by Crippen LogP contribution is -2.73. The Morgan fingerprint density at radius 3 is 2.60 bits per heavy atom. The third-order valence-electron chi connectivity index (χ3n) is 11.1. The Kier molecular flexibility index (Phi) is 6.13. The lowest BCUT2D eigenvalue weighted by Gasteiger charge is -2.66. The highest BCUT2D eigenvalue weighted by molar-refractivity contribution is 6.30. The van der Waals surface area contributed by atoms with Gasteiger partial charge in [0.2, 0.25) is 5.60 Å². The molecule has 0 amide bonds. The van der Waals surface area contributed by atoms with E-state index in [9.17, 15) is 19.1 Å². The molecule has 0 radical (unpaired) electrons. The molecule has 0 aromatic heterocycles. The molecule has 6 nitrogen and oxygen atoms in total. The van der Waals surface area contributed by atoms with E-state index in [2.05, 4.69) is 0 Å². The van der Waals surface area contributed by atoms with Crippen molar-refractivity contribution in [3.8, 4) is 0 Å². The van der Waals surface area contributed by atoms with Crippen molar-refractivity contribution in [2.45, 2.75) is 63.6 Å². The van der Waals surface area contributed by atoms with E-state index in [4.69, 9.17) is 21.2 Å². The molecule has 5 aliphatic rings. The van der Waals surface area contributed by atoms with Crippen molar-refractivity contribution >= 4 is 29.0 Å². The fourth-order valence-corrected chi connectivity index (χ4v) is 9.17. The van der Waals surface area contributed by atoms with Gasteiger partial charge in [-0.1, -0.05) is 31.5 Å². The van der Waals surface area contributed by atoms with Crippen LogP contribution in [-0.2, 0) is 19.2 Å². The van der Waals surface area contributed by atoms with Crippen LogP contribution in [0.1, 0.15) is 40.0 Å². The SMILES string of the molecule is C[C@]12C[C@H](O)[C@@]3(F)[C@@H](C[C@H](F)C4=CC(=O)C=C[C@@]43C)[C@]1(C)C[C@H]1CN(c3ccc(Cl)cc3)O[C@]12C(=O)OCCF. The topological polar surface area (TPSA) is 76.1 Å². The maximum absolute atomic E-state index is 17.7. The molecule has 6 rings (SSSR count). The van der Waals surface area contributed by atoms with Crippen LogP contribution in [0, 0.1) is 28.1 Å². The number of allylic oxidation sites excluding steroid dienone is 4. The van der Waals surface area contributed by atoms with Crippen molar-refractivity contribution < 1.29 is 37.4 Å². The first-order valence-corrected chi connectivity index (χ1v) is 14.1. The number of aliphatic hydroxyl groups is 1. The Bertz CT molecular complexity index is 1320. The minimum Gasteiger partial charge on any atom is -0.461 e. The van der Waals surface area contributed by atoms with Crippen LogP contribution in [0.25, 0.3) is 0 Å². The Hall–Kier alpha value is -2.36. The summed E-state index contributed by atoms with van der Waals surface area (Å²) in [5.74, 6) is -2.74. The van der Waals surface area contributed by atoms with E-state index in [0.717, 1.165) is 6.08 Å². The summed E-state index contributed by atoms with van der Waals surface area (Å²) in [7, 11) is 0. The van der Waals surface area contributed by atoms with Gasteiger partial charge in [-0.2, -0.15) is 0 Å². The molecule has 0 bridgehead atoms. The van der Waals surface area contributed by atoms with Crippen molar-refractivity contribution in [2.75, 3.05) is 24.9 Å². The van der Waals surface area contributed by atoms with Crippen LogP contribution in [0.15, 0.2) is 48.1 Å². The summed E-state index contributed by atoms with van der Waals surface area (Å²) in [6.07, 6.45) is 0.378. The van der Waals surface area contributed by atoms with E-state index < -0.39 is 76.7 Å². The van der Waals surface area contributed by atoms with Gasteiger partial charge in [0, 0.05) is 27.7 Å². The van der Waals surface area contributed by atoms with Gasteiger partial charge in [0.05, 0.1) is 18.3 Å². The fourth-order valence-electron chi connectivity index (χ4n) is 9.05. The molecule has 1 aliphatic heterocycles. The number of benzene rings is 1. The Morgan fingerprint density at radius 2 is 1.93 bits per heavy atom. The summed E-state index contributed by atoms with van der Waals surface area (Å²) in [5, 5.41) is 13.8. The highest BCUT2D eigenvalue weighted by atomic mass is 35.5. The zero-order valence-electron chi connectivity index (χ0n) is 22.6. The monoisotopic (exact) mass is 579 g/mol. The highest BCUT2D eigenvalue weighted by Gasteiger charge is 2.84. The number of aliphatic hydroxyl groups excluding tert-OH is 1.